The van der Waals surface area contributed by atoms with E-state index in [0.29, 0.717) is 21.5 Å². The van der Waals surface area contributed by atoms with Gasteiger partial charge in [-0.05, 0) is 58.7 Å². The van der Waals surface area contributed by atoms with Crippen LogP contribution >= 0.6 is 31.9 Å². The summed E-state index contributed by atoms with van der Waals surface area (Å²) in [5.74, 6) is 0.846. The summed E-state index contributed by atoms with van der Waals surface area (Å²) >= 11 is 6.82. The molecule has 0 spiro atoms. The quantitative estimate of drug-likeness (QED) is 0.761. The van der Waals surface area contributed by atoms with Crippen molar-refractivity contribution >= 4 is 43.5 Å². The minimum atomic E-state index is -0.231. The number of hydrogen-bond donors (Lipinski definition) is 1. The SMILES string of the molecule is COc1cc(C(=O)Nc2ccc(Br)c(C)c2)cc(OC)c1Br. The van der Waals surface area contributed by atoms with Gasteiger partial charge < -0.3 is 14.8 Å². The summed E-state index contributed by atoms with van der Waals surface area (Å²) in [4.78, 5) is 12.4. The molecule has 0 aromatic heterocycles. The van der Waals surface area contributed by atoms with Crippen molar-refractivity contribution in [3.05, 3.63) is 50.4 Å². The van der Waals surface area contributed by atoms with Crippen LogP contribution in [-0.2, 0) is 0 Å². The molecule has 0 aliphatic rings. The molecule has 0 saturated carbocycles. The normalized spacial score (nSPS) is 10.2. The van der Waals surface area contributed by atoms with Gasteiger partial charge in [0.1, 0.15) is 16.0 Å². The molecule has 0 bridgehead atoms. The largest absolute Gasteiger partial charge is 0.495 e. The number of carbonyl (C=O) groups excluding carboxylic acids is 1. The fourth-order valence-corrected chi connectivity index (χ4v) is 2.73. The maximum atomic E-state index is 12.4. The molecule has 0 atom stereocenters. The van der Waals surface area contributed by atoms with Crippen molar-refractivity contribution in [3.63, 3.8) is 0 Å². The van der Waals surface area contributed by atoms with E-state index in [1.807, 2.05) is 25.1 Å². The Labute approximate surface area is 146 Å². The summed E-state index contributed by atoms with van der Waals surface area (Å²) in [6, 6.07) is 8.95. The number of halogens is 2. The Morgan fingerprint density at radius 1 is 1.05 bits per heavy atom. The number of carbonyl (C=O) groups is 1. The van der Waals surface area contributed by atoms with Gasteiger partial charge in [-0.2, -0.15) is 0 Å². The van der Waals surface area contributed by atoms with Gasteiger partial charge in [0.15, 0.2) is 0 Å². The first-order chi connectivity index (χ1) is 10.5. The van der Waals surface area contributed by atoms with Gasteiger partial charge in [0, 0.05) is 15.7 Å². The van der Waals surface area contributed by atoms with Crippen LogP contribution in [0.2, 0.25) is 0 Å². The number of benzene rings is 2. The maximum absolute atomic E-state index is 12.4. The molecular weight excluding hydrogens is 414 g/mol. The molecule has 0 fully saturated rings. The zero-order chi connectivity index (χ0) is 16.3. The van der Waals surface area contributed by atoms with Gasteiger partial charge >= 0.3 is 0 Å². The number of anilines is 1. The molecule has 116 valence electrons. The molecule has 0 radical (unpaired) electrons. The van der Waals surface area contributed by atoms with Gasteiger partial charge in [0.2, 0.25) is 0 Å². The van der Waals surface area contributed by atoms with Crippen LogP contribution in [0.15, 0.2) is 39.3 Å². The highest BCUT2D eigenvalue weighted by Crippen LogP contribution is 2.35. The van der Waals surface area contributed by atoms with E-state index in [-0.39, 0.29) is 5.91 Å². The Kier molecular flexibility index (Phi) is 5.47. The number of aryl methyl sites for hydroxylation is 1. The van der Waals surface area contributed by atoms with Crippen molar-refractivity contribution in [2.24, 2.45) is 0 Å². The highest BCUT2D eigenvalue weighted by Gasteiger charge is 2.15. The van der Waals surface area contributed by atoms with Gasteiger partial charge in [-0.15, -0.1) is 0 Å². The second kappa shape index (κ2) is 7.15. The van der Waals surface area contributed by atoms with Crippen LogP contribution in [-0.4, -0.2) is 20.1 Å². The molecule has 1 amide bonds. The number of ether oxygens (including phenoxy) is 2. The van der Waals surface area contributed by atoms with E-state index in [0.717, 1.165) is 15.7 Å². The topological polar surface area (TPSA) is 47.6 Å². The molecule has 4 nitrogen and oxygen atoms in total. The van der Waals surface area contributed by atoms with Crippen molar-refractivity contribution in [2.45, 2.75) is 6.92 Å². The predicted molar refractivity (Wildman–Crippen MR) is 94.1 cm³/mol. The molecule has 2 aromatic carbocycles. The summed E-state index contributed by atoms with van der Waals surface area (Å²) in [5.41, 5.74) is 2.23. The van der Waals surface area contributed by atoms with E-state index in [9.17, 15) is 4.79 Å². The lowest BCUT2D eigenvalue weighted by Crippen LogP contribution is -2.12. The third-order valence-corrected chi connectivity index (χ3v) is 4.80. The highest BCUT2D eigenvalue weighted by molar-refractivity contribution is 9.11. The number of methoxy groups -OCH3 is 2. The van der Waals surface area contributed by atoms with Crippen molar-refractivity contribution in [2.75, 3.05) is 19.5 Å². The van der Waals surface area contributed by atoms with E-state index >= 15 is 0 Å². The van der Waals surface area contributed by atoms with Crippen LogP contribution in [0.3, 0.4) is 0 Å². The predicted octanol–water partition coefficient (Wildman–Crippen LogP) is 4.79. The van der Waals surface area contributed by atoms with Crippen molar-refractivity contribution < 1.29 is 14.3 Å². The number of nitrogens with one attached hydrogen (secondary N) is 1. The van der Waals surface area contributed by atoms with Crippen LogP contribution < -0.4 is 14.8 Å². The van der Waals surface area contributed by atoms with E-state index < -0.39 is 0 Å². The van der Waals surface area contributed by atoms with Crippen LogP contribution in [0.1, 0.15) is 15.9 Å². The average Bonchev–Trinajstić information content (AvgIpc) is 2.51. The van der Waals surface area contributed by atoms with Crippen LogP contribution in [0.4, 0.5) is 5.69 Å². The summed E-state index contributed by atoms with van der Waals surface area (Å²) in [5, 5.41) is 2.86. The summed E-state index contributed by atoms with van der Waals surface area (Å²) < 4.78 is 12.2. The molecule has 0 heterocycles. The third kappa shape index (κ3) is 3.62. The molecule has 22 heavy (non-hydrogen) atoms. The summed E-state index contributed by atoms with van der Waals surface area (Å²) in [7, 11) is 3.08. The Bertz CT molecular complexity index is 692. The molecule has 0 aliphatic carbocycles. The lowest BCUT2D eigenvalue weighted by molar-refractivity contribution is 0.102. The molecule has 2 rings (SSSR count). The van der Waals surface area contributed by atoms with Crippen molar-refractivity contribution in [1.29, 1.82) is 0 Å². The van der Waals surface area contributed by atoms with Crippen LogP contribution in [0.5, 0.6) is 11.5 Å². The first-order valence-corrected chi connectivity index (χ1v) is 8.04. The summed E-state index contributed by atoms with van der Waals surface area (Å²) in [6.45, 7) is 1.96. The van der Waals surface area contributed by atoms with E-state index in [1.165, 1.54) is 0 Å². The van der Waals surface area contributed by atoms with Crippen LogP contribution in [0.25, 0.3) is 0 Å². The fourth-order valence-electron chi connectivity index (χ4n) is 1.93. The molecule has 6 heteroatoms. The molecule has 0 aliphatic heterocycles. The van der Waals surface area contributed by atoms with Gasteiger partial charge in [-0.3, -0.25) is 4.79 Å². The van der Waals surface area contributed by atoms with Gasteiger partial charge in [-0.1, -0.05) is 15.9 Å². The first-order valence-electron chi connectivity index (χ1n) is 6.45. The Balaban J connectivity index is 2.31. The number of rotatable bonds is 4. The minimum Gasteiger partial charge on any atom is -0.495 e. The Hall–Kier alpha value is -1.53. The molecular formula is C16H15Br2NO3. The lowest BCUT2D eigenvalue weighted by atomic mass is 10.1. The van der Waals surface area contributed by atoms with E-state index in [4.69, 9.17) is 9.47 Å². The smallest absolute Gasteiger partial charge is 0.255 e. The third-order valence-electron chi connectivity index (χ3n) is 3.12. The van der Waals surface area contributed by atoms with Crippen LogP contribution in [0, 0.1) is 6.92 Å². The maximum Gasteiger partial charge on any atom is 0.255 e. The van der Waals surface area contributed by atoms with Gasteiger partial charge in [-0.25, -0.2) is 0 Å². The first kappa shape index (κ1) is 16.8. The fraction of sp³-hybridized carbons (Fsp3) is 0.188. The van der Waals surface area contributed by atoms with Gasteiger partial charge in [0.25, 0.3) is 5.91 Å². The minimum absolute atomic E-state index is 0.231. The monoisotopic (exact) mass is 427 g/mol. The molecule has 0 saturated heterocycles. The Morgan fingerprint density at radius 3 is 2.14 bits per heavy atom. The zero-order valence-corrected chi connectivity index (χ0v) is 15.5. The number of amides is 1. The second-order valence-corrected chi connectivity index (χ2v) is 6.26. The second-order valence-electron chi connectivity index (χ2n) is 4.61. The molecule has 0 unspecified atom stereocenters. The molecule has 2 aromatic rings. The van der Waals surface area contributed by atoms with E-state index in [1.54, 1.807) is 26.4 Å². The van der Waals surface area contributed by atoms with Gasteiger partial charge in [0.05, 0.1) is 14.2 Å². The average molecular weight is 429 g/mol. The Morgan fingerprint density at radius 2 is 1.64 bits per heavy atom. The molecule has 1 N–H and O–H groups in total. The van der Waals surface area contributed by atoms with E-state index in [2.05, 4.69) is 37.2 Å². The van der Waals surface area contributed by atoms with Crippen molar-refractivity contribution in [1.82, 2.24) is 0 Å². The lowest BCUT2D eigenvalue weighted by Gasteiger charge is -2.12. The standard InChI is InChI=1S/C16H15Br2NO3/c1-9-6-11(4-5-12(9)17)19-16(20)10-7-13(21-2)15(18)14(8-10)22-3/h4-8H,1-3H3,(H,19,20). The summed E-state index contributed by atoms with van der Waals surface area (Å²) in [6.07, 6.45) is 0. The zero-order valence-electron chi connectivity index (χ0n) is 12.4. The number of hydrogen-bond acceptors (Lipinski definition) is 3. The van der Waals surface area contributed by atoms with Crippen molar-refractivity contribution in [3.8, 4) is 11.5 Å². The highest BCUT2D eigenvalue weighted by atomic mass is 79.9.